The lowest BCUT2D eigenvalue weighted by Crippen LogP contribution is -2.36. The summed E-state index contributed by atoms with van der Waals surface area (Å²) in [6, 6.07) is 14.5. The number of anilines is 1. The van der Waals surface area contributed by atoms with Gasteiger partial charge < -0.3 is 10.6 Å². The second kappa shape index (κ2) is 8.00. The van der Waals surface area contributed by atoms with E-state index in [1.54, 1.807) is 13.1 Å². The summed E-state index contributed by atoms with van der Waals surface area (Å²) in [6.45, 7) is 2.80. The Morgan fingerprint density at radius 3 is 2.60 bits per heavy atom. The van der Waals surface area contributed by atoms with Crippen LogP contribution in [0, 0.1) is 6.92 Å². The number of aryl methyl sites for hydroxylation is 1. The average Bonchev–Trinajstić information content (AvgIpc) is 3.06. The highest BCUT2D eigenvalue weighted by Crippen LogP contribution is 2.18. The van der Waals surface area contributed by atoms with Gasteiger partial charge in [0.1, 0.15) is 11.6 Å². The number of pyridine rings is 1. The number of carbonyl (C=O) groups excluding carboxylic acids is 1. The smallest absolute Gasteiger partial charge is 0.249 e. The quantitative estimate of drug-likeness (QED) is 0.629. The lowest BCUT2D eigenvalue weighted by Gasteiger charge is -2.18. The van der Waals surface area contributed by atoms with Crippen molar-refractivity contribution in [2.45, 2.75) is 13.0 Å². The number of hydrogen-bond donors (Lipinski definition) is 2. The third-order valence-electron chi connectivity index (χ3n) is 3.66. The Kier molecular flexibility index (Phi) is 5.30. The van der Waals surface area contributed by atoms with Gasteiger partial charge >= 0.3 is 0 Å². The van der Waals surface area contributed by atoms with Gasteiger partial charge in [-0.2, -0.15) is 0 Å². The number of amides is 1. The van der Waals surface area contributed by atoms with E-state index in [1.165, 1.54) is 4.68 Å². The molecule has 2 N–H and O–H groups in total. The number of carbonyl (C=O) groups is 1. The van der Waals surface area contributed by atoms with Gasteiger partial charge in [-0.05, 0) is 35.0 Å². The van der Waals surface area contributed by atoms with Gasteiger partial charge in [0, 0.05) is 19.3 Å². The van der Waals surface area contributed by atoms with Gasteiger partial charge in [0.25, 0.3) is 0 Å². The number of nitrogens with one attached hydrogen (secondary N) is 2. The first-order chi connectivity index (χ1) is 12.3. The van der Waals surface area contributed by atoms with Gasteiger partial charge in [0.2, 0.25) is 5.91 Å². The predicted octanol–water partition coefficient (Wildman–Crippen LogP) is 1.19. The van der Waals surface area contributed by atoms with E-state index in [4.69, 9.17) is 0 Å². The van der Waals surface area contributed by atoms with Crippen LogP contribution in [0.3, 0.4) is 0 Å². The summed E-state index contributed by atoms with van der Waals surface area (Å²) in [5.74, 6) is 1.19. The fourth-order valence-electron chi connectivity index (χ4n) is 2.46. The highest BCUT2D eigenvalue weighted by atomic mass is 16.2. The van der Waals surface area contributed by atoms with Crippen molar-refractivity contribution in [3.8, 4) is 0 Å². The minimum atomic E-state index is -0.606. The summed E-state index contributed by atoms with van der Waals surface area (Å²) in [6.07, 6.45) is 1.72. The van der Waals surface area contributed by atoms with Crippen LogP contribution in [0.2, 0.25) is 0 Å². The molecule has 0 aliphatic heterocycles. The molecule has 0 radical (unpaired) electrons. The van der Waals surface area contributed by atoms with Crippen molar-refractivity contribution in [3.63, 3.8) is 0 Å². The molecule has 25 heavy (non-hydrogen) atoms. The molecule has 2 heterocycles. The fourth-order valence-corrected chi connectivity index (χ4v) is 2.46. The van der Waals surface area contributed by atoms with Crippen LogP contribution in [0.25, 0.3) is 0 Å². The van der Waals surface area contributed by atoms with Crippen molar-refractivity contribution >= 4 is 11.7 Å². The van der Waals surface area contributed by atoms with Gasteiger partial charge in [-0.15, -0.1) is 5.10 Å². The first kappa shape index (κ1) is 16.6. The molecule has 0 saturated carbocycles. The number of rotatable bonds is 7. The maximum absolute atomic E-state index is 12.7. The Morgan fingerprint density at radius 2 is 1.92 bits per heavy atom. The molecule has 0 bridgehead atoms. The number of benzene rings is 1. The maximum atomic E-state index is 12.7. The van der Waals surface area contributed by atoms with Crippen molar-refractivity contribution in [1.29, 1.82) is 0 Å². The molecule has 0 aliphatic carbocycles. The minimum Gasteiger partial charge on any atom is -0.368 e. The third-order valence-corrected chi connectivity index (χ3v) is 3.66. The Balaban J connectivity index is 1.65. The average molecular weight is 337 g/mol. The summed E-state index contributed by atoms with van der Waals surface area (Å²) in [4.78, 5) is 16.9. The van der Waals surface area contributed by atoms with Crippen LogP contribution in [-0.4, -0.2) is 44.2 Å². The molecule has 0 spiro atoms. The summed E-state index contributed by atoms with van der Waals surface area (Å²) >= 11 is 0. The monoisotopic (exact) mass is 337 g/mol. The van der Waals surface area contributed by atoms with Gasteiger partial charge in [0.15, 0.2) is 6.04 Å². The molecular formula is C17H19N7O. The Labute approximate surface area is 145 Å². The lowest BCUT2D eigenvalue weighted by atomic mass is 10.1. The Bertz CT molecular complexity index is 804. The molecule has 8 heteroatoms. The number of hydrogen-bond acceptors (Lipinski definition) is 6. The van der Waals surface area contributed by atoms with E-state index < -0.39 is 6.04 Å². The van der Waals surface area contributed by atoms with Crippen molar-refractivity contribution < 1.29 is 4.79 Å². The van der Waals surface area contributed by atoms with E-state index in [9.17, 15) is 4.79 Å². The summed E-state index contributed by atoms with van der Waals surface area (Å²) in [7, 11) is 0. The number of aromatic nitrogens is 5. The zero-order chi connectivity index (χ0) is 17.5. The Hall–Kier alpha value is -3.29. The van der Waals surface area contributed by atoms with E-state index in [1.807, 2.05) is 48.5 Å². The minimum absolute atomic E-state index is 0.163. The van der Waals surface area contributed by atoms with Gasteiger partial charge in [-0.3, -0.25) is 4.79 Å². The second-order valence-electron chi connectivity index (χ2n) is 5.42. The van der Waals surface area contributed by atoms with Crippen LogP contribution < -0.4 is 10.6 Å². The zero-order valence-corrected chi connectivity index (χ0v) is 13.8. The standard InChI is InChI=1S/C17H19N7O/c1-13-21-22-23-24(13)16(14-7-3-2-4-8-14)17(25)20-12-11-19-15-9-5-6-10-18-15/h2-10,16H,11-12H2,1H3,(H,18,19)(H,20,25). The van der Waals surface area contributed by atoms with Crippen LogP contribution in [0.15, 0.2) is 54.7 Å². The van der Waals surface area contributed by atoms with Gasteiger partial charge in [-0.25, -0.2) is 9.67 Å². The summed E-state index contributed by atoms with van der Waals surface area (Å²) < 4.78 is 1.52. The van der Waals surface area contributed by atoms with Crippen LogP contribution in [0.4, 0.5) is 5.82 Å². The highest BCUT2D eigenvalue weighted by molar-refractivity contribution is 5.83. The van der Waals surface area contributed by atoms with Gasteiger partial charge in [-0.1, -0.05) is 36.4 Å². The molecule has 1 atom stereocenters. The molecule has 3 aromatic rings. The molecule has 1 unspecified atom stereocenters. The molecule has 3 rings (SSSR count). The van der Waals surface area contributed by atoms with Gasteiger partial charge in [0.05, 0.1) is 0 Å². The van der Waals surface area contributed by atoms with E-state index in [0.29, 0.717) is 18.9 Å². The summed E-state index contributed by atoms with van der Waals surface area (Å²) in [5.41, 5.74) is 0.827. The van der Waals surface area contributed by atoms with E-state index in [-0.39, 0.29) is 5.91 Å². The summed E-state index contributed by atoms with van der Waals surface area (Å²) in [5, 5.41) is 17.6. The molecule has 0 aliphatic rings. The SMILES string of the molecule is Cc1nnnn1C(C(=O)NCCNc1ccccn1)c1ccccc1. The molecule has 2 aromatic heterocycles. The normalized spacial score (nSPS) is 11.7. The second-order valence-corrected chi connectivity index (χ2v) is 5.42. The van der Waals surface area contributed by atoms with Crippen LogP contribution in [0.5, 0.6) is 0 Å². The number of nitrogens with zero attached hydrogens (tertiary/aromatic N) is 5. The highest BCUT2D eigenvalue weighted by Gasteiger charge is 2.25. The van der Waals surface area contributed by atoms with Crippen molar-refractivity contribution in [1.82, 2.24) is 30.5 Å². The first-order valence-electron chi connectivity index (χ1n) is 7.98. The zero-order valence-electron chi connectivity index (χ0n) is 13.8. The molecule has 1 aromatic carbocycles. The van der Waals surface area contributed by atoms with E-state index in [2.05, 4.69) is 31.1 Å². The molecule has 1 amide bonds. The van der Waals surface area contributed by atoms with E-state index in [0.717, 1.165) is 11.4 Å². The number of tetrazole rings is 1. The molecule has 8 nitrogen and oxygen atoms in total. The predicted molar refractivity (Wildman–Crippen MR) is 92.9 cm³/mol. The molecule has 128 valence electrons. The lowest BCUT2D eigenvalue weighted by molar-refractivity contribution is -0.123. The first-order valence-corrected chi connectivity index (χ1v) is 7.98. The van der Waals surface area contributed by atoms with Crippen LogP contribution in [0.1, 0.15) is 17.4 Å². The van der Waals surface area contributed by atoms with E-state index >= 15 is 0 Å². The van der Waals surface area contributed by atoms with Crippen molar-refractivity contribution in [2.75, 3.05) is 18.4 Å². The molecular weight excluding hydrogens is 318 g/mol. The van der Waals surface area contributed by atoms with Crippen LogP contribution >= 0.6 is 0 Å². The third kappa shape index (κ3) is 4.17. The Morgan fingerprint density at radius 1 is 1.12 bits per heavy atom. The largest absolute Gasteiger partial charge is 0.368 e. The van der Waals surface area contributed by atoms with Crippen molar-refractivity contribution in [3.05, 3.63) is 66.1 Å². The molecule has 0 saturated heterocycles. The molecule has 0 fully saturated rings. The topological polar surface area (TPSA) is 97.6 Å². The van der Waals surface area contributed by atoms with Crippen molar-refractivity contribution in [2.24, 2.45) is 0 Å². The fraction of sp³-hybridized carbons (Fsp3) is 0.235. The van der Waals surface area contributed by atoms with Crippen LogP contribution in [-0.2, 0) is 4.79 Å². The maximum Gasteiger partial charge on any atom is 0.249 e.